The predicted molar refractivity (Wildman–Crippen MR) is 112 cm³/mol. The lowest BCUT2D eigenvalue weighted by Gasteiger charge is -2.38. The molecule has 0 aromatic heterocycles. The van der Waals surface area contributed by atoms with E-state index in [1.54, 1.807) is 11.8 Å². The summed E-state index contributed by atoms with van der Waals surface area (Å²) in [6.45, 7) is 8.05. The summed E-state index contributed by atoms with van der Waals surface area (Å²) < 4.78 is 10.0. The third-order valence-corrected chi connectivity index (χ3v) is 5.60. The molecule has 2 heterocycles. The van der Waals surface area contributed by atoms with E-state index in [4.69, 9.17) is 21.1 Å². The van der Waals surface area contributed by atoms with Crippen molar-refractivity contribution in [2.24, 2.45) is 5.92 Å². The molecule has 1 N–H and O–H groups in total. The number of rotatable bonds is 7. The average molecular weight is 438 g/mol. The number of nitrogens with zero attached hydrogens (tertiary/aromatic N) is 2. The summed E-state index contributed by atoms with van der Waals surface area (Å²) in [7, 11) is 0. The summed E-state index contributed by atoms with van der Waals surface area (Å²) >= 11 is 6.28. The predicted octanol–water partition coefficient (Wildman–Crippen LogP) is 1.46. The number of ether oxygens (including phenoxy) is 2. The highest BCUT2D eigenvalue weighted by Crippen LogP contribution is 2.27. The van der Waals surface area contributed by atoms with Crippen LogP contribution >= 0.6 is 11.6 Å². The molecule has 0 radical (unpaired) electrons. The molecule has 8 nitrogen and oxygen atoms in total. The van der Waals surface area contributed by atoms with Crippen molar-refractivity contribution < 1.29 is 23.9 Å². The van der Waals surface area contributed by atoms with Gasteiger partial charge in [-0.1, -0.05) is 37.6 Å². The molecule has 3 rings (SSSR count). The Labute approximate surface area is 181 Å². The van der Waals surface area contributed by atoms with E-state index in [2.05, 4.69) is 10.2 Å². The molecule has 30 heavy (non-hydrogen) atoms. The van der Waals surface area contributed by atoms with Crippen molar-refractivity contribution in [3.05, 3.63) is 29.3 Å². The first-order chi connectivity index (χ1) is 14.3. The van der Waals surface area contributed by atoms with E-state index in [-0.39, 0.29) is 18.4 Å². The lowest BCUT2D eigenvalue weighted by atomic mass is 10.0. The first kappa shape index (κ1) is 22.4. The normalized spacial score (nSPS) is 21.9. The molecule has 2 aliphatic heterocycles. The van der Waals surface area contributed by atoms with E-state index in [9.17, 15) is 14.4 Å². The van der Waals surface area contributed by atoms with Crippen LogP contribution < -0.4 is 10.2 Å². The maximum Gasteiger partial charge on any atom is 0.338 e. The van der Waals surface area contributed by atoms with Gasteiger partial charge in [0.1, 0.15) is 6.04 Å². The Hall–Kier alpha value is -2.32. The van der Waals surface area contributed by atoms with Gasteiger partial charge < -0.3 is 24.6 Å². The molecular weight excluding hydrogens is 410 g/mol. The first-order valence-corrected chi connectivity index (χ1v) is 10.6. The van der Waals surface area contributed by atoms with Gasteiger partial charge in [-0.2, -0.15) is 0 Å². The number of piperazine rings is 1. The Bertz CT molecular complexity index is 795. The minimum absolute atomic E-state index is 0.108. The Balaban J connectivity index is 1.55. The number of para-hydroxylation sites is 1. The number of nitrogens with one attached hydrogen (secondary N) is 1. The molecule has 0 aliphatic carbocycles. The number of anilines is 1. The van der Waals surface area contributed by atoms with Crippen molar-refractivity contribution in [3.8, 4) is 0 Å². The molecule has 9 heteroatoms. The molecule has 0 bridgehead atoms. The lowest BCUT2D eigenvalue weighted by Crippen LogP contribution is -2.57. The topological polar surface area (TPSA) is 91.5 Å². The Kier molecular flexibility index (Phi) is 7.20. The number of carbonyl (C=O) groups is 3. The second-order valence-electron chi connectivity index (χ2n) is 7.72. The number of carbonyl (C=O) groups excluding carboxylic acids is 3. The van der Waals surface area contributed by atoms with Crippen LogP contribution in [0.25, 0.3) is 0 Å². The van der Waals surface area contributed by atoms with E-state index in [0.29, 0.717) is 31.2 Å². The number of hydrogen-bond acceptors (Lipinski definition) is 6. The third kappa shape index (κ3) is 5.05. The molecule has 0 spiro atoms. The number of epoxide rings is 1. The van der Waals surface area contributed by atoms with Gasteiger partial charge in [-0.25, -0.2) is 4.79 Å². The van der Waals surface area contributed by atoms with Gasteiger partial charge in [0, 0.05) is 26.2 Å². The minimum atomic E-state index is -0.893. The van der Waals surface area contributed by atoms with E-state index < -0.39 is 30.1 Å². The van der Waals surface area contributed by atoms with Gasteiger partial charge in [0.2, 0.25) is 5.91 Å². The van der Waals surface area contributed by atoms with Crippen LogP contribution in [0.2, 0.25) is 5.02 Å². The summed E-state index contributed by atoms with van der Waals surface area (Å²) in [6.07, 6.45) is -1.78. The van der Waals surface area contributed by atoms with E-state index in [1.165, 1.54) is 0 Å². The standard InChI is InChI=1S/C21H28ClN3O5/c1-4-29-21(28)18-17(30-18)19(26)23-16(13(2)3)20(27)25-11-9-24(10-12-25)15-8-6-5-7-14(15)22/h5-8,13,16-18H,4,9-12H2,1-3H3,(H,23,26)/t16-,17-,18-/m0/s1. The van der Waals surface area contributed by atoms with Crippen LogP contribution in [-0.4, -0.2) is 73.7 Å². The monoisotopic (exact) mass is 437 g/mol. The van der Waals surface area contributed by atoms with Crippen molar-refractivity contribution >= 4 is 35.1 Å². The van der Waals surface area contributed by atoms with Gasteiger partial charge in [-0.15, -0.1) is 0 Å². The van der Waals surface area contributed by atoms with Crippen molar-refractivity contribution in [3.63, 3.8) is 0 Å². The second kappa shape index (κ2) is 9.66. The van der Waals surface area contributed by atoms with Gasteiger partial charge in [0.05, 0.1) is 17.3 Å². The smallest absolute Gasteiger partial charge is 0.338 e. The lowest BCUT2D eigenvalue weighted by molar-refractivity contribution is -0.144. The highest BCUT2D eigenvalue weighted by molar-refractivity contribution is 6.33. The summed E-state index contributed by atoms with van der Waals surface area (Å²) in [5.74, 6) is -1.26. The van der Waals surface area contributed by atoms with Crippen molar-refractivity contribution in [2.75, 3.05) is 37.7 Å². The molecule has 2 fully saturated rings. The number of esters is 1. The maximum atomic E-state index is 13.1. The SMILES string of the molecule is CCOC(=O)[C@H]1O[C@@H]1C(=O)N[C@H](C(=O)N1CCN(c2ccccc2Cl)CC1)C(C)C. The number of amides is 2. The summed E-state index contributed by atoms with van der Waals surface area (Å²) in [5.41, 5.74) is 0.955. The van der Waals surface area contributed by atoms with E-state index >= 15 is 0 Å². The van der Waals surface area contributed by atoms with Gasteiger partial charge >= 0.3 is 5.97 Å². The summed E-state index contributed by atoms with van der Waals surface area (Å²) in [5, 5.41) is 3.44. The van der Waals surface area contributed by atoms with Crippen LogP contribution in [0.15, 0.2) is 24.3 Å². The van der Waals surface area contributed by atoms with Gasteiger partial charge in [-0.05, 0) is 25.0 Å². The molecule has 2 aliphatic rings. The van der Waals surface area contributed by atoms with E-state index in [0.717, 1.165) is 5.69 Å². The molecule has 3 atom stereocenters. The molecule has 2 amide bonds. The molecular formula is C21H28ClN3O5. The van der Waals surface area contributed by atoms with Crippen LogP contribution in [-0.2, 0) is 23.9 Å². The zero-order valence-corrected chi connectivity index (χ0v) is 18.2. The molecule has 164 valence electrons. The molecule has 1 aromatic carbocycles. The van der Waals surface area contributed by atoms with Gasteiger partial charge in [-0.3, -0.25) is 9.59 Å². The van der Waals surface area contributed by atoms with Gasteiger partial charge in [0.15, 0.2) is 12.2 Å². The highest BCUT2D eigenvalue weighted by atomic mass is 35.5. The third-order valence-electron chi connectivity index (χ3n) is 5.28. The maximum absolute atomic E-state index is 13.1. The minimum Gasteiger partial charge on any atom is -0.464 e. The van der Waals surface area contributed by atoms with Crippen molar-refractivity contribution in [1.29, 1.82) is 0 Å². The summed E-state index contributed by atoms with van der Waals surface area (Å²) in [4.78, 5) is 41.1. The van der Waals surface area contributed by atoms with E-state index in [1.807, 2.05) is 38.1 Å². The van der Waals surface area contributed by atoms with Gasteiger partial charge in [0.25, 0.3) is 5.91 Å². The second-order valence-corrected chi connectivity index (χ2v) is 8.13. The van der Waals surface area contributed by atoms with Crippen LogP contribution in [0.1, 0.15) is 20.8 Å². The van der Waals surface area contributed by atoms with Crippen LogP contribution in [0.3, 0.4) is 0 Å². The Morgan fingerprint density at radius 3 is 2.43 bits per heavy atom. The van der Waals surface area contributed by atoms with Crippen LogP contribution in [0.4, 0.5) is 5.69 Å². The number of hydrogen-bond donors (Lipinski definition) is 1. The Morgan fingerprint density at radius 1 is 1.17 bits per heavy atom. The molecule has 0 unspecified atom stereocenters. The fraction of sp³-hybridized carbons (Fsp3) is 0.571. The molecule has 1 aromatic rings. The molecule has 2 saturated heterocycles. The van der Waals surface area contributed by atoms with Crippen molar-refractivity contribution in [2.45, 2.75) is 39.0 Å². The fourth-order valence-corrected chi connectivity index (χ4v) is 3.79. The zero-order chi connectivity index (χ0) is 21.8. The number of halogens is 1. The Morgan fingerprint density at radius 2 is 1.83 bits per heavy atom. The largest absolute Gasteiger partial charge is 0.464 e. The average Bonchev–Trinajstić information content (AvgIpc) is 3.53. The first-order valence-electron chi connectivity index (χ1n) is 10.2. The zero-order valence-electron chi connectivity index (χ0n) is 17.5. The summed E-state index contributed by atoms with van der Waals surface area (Å²) in [6, 6.07) is 6.95. The number of benzene rings is 1. The fourth-order valence-electron chi connectivity index (χ4n) is 3.54. The van der Waals surface area contributed by atoms with Crippen LogP contribution in [0.5, 0.6) is 0 Å². The molecule has 0 saturated carbocycles. The van der Waals surface area contributed by atoms with Crippen LogP contribution in [0, 0.1) is 5.92 Å². The highest BCUT2D eigenvalue weighted by Gasteiger charge is 2.52. The van der Waals surface area contributed by atoms with Crippen molar-refractivity contribution in [1.82, 2.24) is 10.2 Å². The quantitative estimate of drug-likeness (QED) is 0.513.